The van der Waals surface area contributed by atoms with Gasteiger partial charge in [0.1, 0.15) is 0 Å². The minimum atomic E-state index is -1.01. The number of aromatic carboxylic acids is 1. The Kier molecular flexibility index (Phi) is 3.52. The van der Waals surface area contributed by atoms with Crippen LogP contribution in [0.5, 0.6) is 0 Å². The summed E-state index contributed by atoms with van der Waals surface area (Å²) in [6, 6.07) is 2.63. The van der Waals surface area contributed by atoms with Crippen molar-refractivity contribution >= 4 is 5.97 Å². The summed E-state index contributed by atoms with van der Waals surface area (Å²) < 4.78 is 1.47. The summed E-state index contributed by atoms with van der Waals surface area (Å²) >= 11 is 0. The van der Waals surface area contributed by atoms with E-state index in [1.165, 1.54) is 22.9 Å². The number of pyridine rings is 1. The molecule has 0 atom stereocenters. The summed E-state index contributed by atoms with van der Waals surface area (Å²) in [5, 5.41) is 8.84. The molecule has 4 nitrogen and oxygen atoms in total. The molecule has 88 valence electrons. The van der Waals surface area contributed by atoms with Gasteiger partial charge >= 0.3 is 5.97 Å². The topological polar surface area (TPSA) is 59.3 Å². The Labute approximate surface area is 94.5 Å². The first-order chi connectivity index (χ1) is 7.35. The van der Waals surface area contributed by atoms with Gasteiger partial charge in [0.25, 0.3) is 5.56 Å². The molecule has 0 amide bonds. The summed E-state index contributed by atoms with van der Waals surface area (Å²) in [6.07, 6.45) is 2.33. The van der Waals surface area contributed by atoms with Crippen LogP contribution < -0.4 is 5.56 Å². The van der Waals surface area contributed by atoms with Crippen LogP contribution in [0, 0.1) is 5.41 Å². The molecule has 1 aromatic rings. The first kappa shape index (κ1) is 12.5. The van der Waals surface area contributed by atoms with Crippen molar-refractivity contribution in [1.29, 1.82) is 0 Å². The van der Waals surface area contributed by atoms with E-state index < -0.39 is 5.97 Å². The second kappa shape index (κ2) is 4.51. The fourth-order valence-electron chi connectivity index (χ4n) is 1.35. The lowest BCUT2D eigenvalue weighted by Crippen LogP contribution is -2.28. The van der Waals surface area contributed by atoms with Crippen LogP contribution in [-0.2, 0) is 6.54 Å². The second-order valence-corrected chi connectivity index (χ2v) is 4.71. The van der Waals surface area contributed by atoms with E-state index in [1.807, 2.05) is 20.8 Å². The molecule has 1 N–H and O–H groups in total. The molecule has 0 aromatic carbocycles. The standard InChI is InChI=1S/C12H17NO3/c1-4-12(2,3)8-13-7-9(11(15)16)5-6-10(13)14/h5-7H,4,8H2,1-3H3,(H,15,16). The van der Waals surface area contributed by atoms with Crippen LogP contribution in [0.15, 0.2) is 23.1 Å². The summed E-state index contributed by atoms with van der Waals surface area (Å²) in [4.78, 5) is 22.3. The third-order valence-corrected chi connectivity index (χ3v) is 2.79. The smallest absolute Gasteiger partial charge is 0.337 e. The van der Waals surface area contributed by atoms with Crippen molar-refractivity contribution in [3.8, 4) is 0 Å². The average Bonchev–Trinajstić information content (AvgIpc) is 2.21. The highest BCUT2D eigenvalue weighted by Gasteiger charge is 2.17. The Hall–Kier alpha value is -1.58. The predicted octanol–water partition coefficient (Wildman–Crippen LogP) is 1.98. The van der Waals surface area contributed by atoms with Gasteiger partial charge in [0.15, 0.2) is 0 Å². The Morgan fingerprint density at radius 1 is 1.44 bits per heavy atom. The molecule has 0 aliphatic carbocycles. The van der Waals surface area contributed by atoms with E-state index in [2.05, 4.69) is 0 Å². The molecular formula is C12H17NO3. The number of hydrogen-bond donors (Lipinski definition) is 1. The highest BCUT2D eigenvalue weighted by atomic mass is 16.4. The van der Waals surface area contributed by atoms with Crippen molar-refractivity contribution < 1.29 is 9.90 Å². The third kappa shape index (κ3) is 2.95. The maximum atomic E-state index is 11.6. The molecule has 0 unspecified atom stereocenters. The molecule has 0 saturated heterocycles. The van der Waals surface area contributed by atoms with Gasteiger partial charge < -0.3 is 9.67 Å². The van der Waals surface area contributed by atoms with Crippen LogP contribution in [0.1, 0.15) is 37.6 Å². The number of carboxylic acid groups (broad SMARTS) is 1. The van der Waals surface area contributed by atoms with Crippen LogP contribution >= 0.6 is 0 Å². The number of rotatable bonds is 4. The lowest BCUT2D eigenvalue weighted by molar-refractivity contribution is 0.0695. The van der Waals surface area contributed by atoms with Gasteiger partial charge in [0.2, 0.25) is 0 Å². The number of carboxylic acids is 1. The van der Waals surface area contributed by atoms with Gasteiger partial charge in [-0.2, -0.15) is 0 Å². The van der Waals surface area contributed by atoms with Crippen LogP contribution in [0.3, 0.4) is 0 Å². The minimum Gasteiger partial charge on any atom is -0.478 e. The zero-order valence-electron chi connectivity index (χ0n) is 9.86. The predicted molar refractivity (Wildman–Crippen MR) is 61.7 cm³/mol. The monoisotopic (exact) mass is 223 g/mol. The van der Waals surface area contributed by atoms with Gasteiger partial charge in [-0.1, -0.05) is 20.8 Å². The third-order valence-electron chi connectivity index (χ3n) is 2.79. The van der Waals surface area contributed by atoms with Gasteiger partial charge in [0.05, 0.1) is 5.56 Å². The number of aromatic nitrogens is 1. The number of nitrogens with zero attached hydrogens (tertiary/aromatic N) is 1. The Morgan fingerprint density at radius 3 is 2.56 bits per heavy atom. The quantitative estimate of drug-likeness (QED) is 0.849. The minimum absolute atomic E-state index is 0.0129. The Morgan fingerprint density at radius 2 is 2.06 bits per heavy atom. The van der Waals surface area contributed by atoms with E-state index in [-0.39, 0.29) is 16.5 Å². The zero-order valence-corrected chi connectivity index (χ0v) is 9.86. The summed E-state index contributed by atoms with van der Waals surface area (Å²) in [5.41, 5.74) is -0.0287. The molecule has 0 radical (unpaired) electrons. The van der Waals surface area contributed by atoms with E-state index in [0.29, 0.717) is 6.54 Å². The first-order valence-electron chi connectivity index (χ1n) is 5.29. The van der Waals surface area contributed by atoms with E-state index >= 15 is 0 Å². The van der Waals surface area contributed by atoms with E-state index in [9.17, 15) is 9.59 Å². The van der Waals surface area contributed by atoms with E-state index in [0.717, 1.165) is 6.42 Å². The molecule has 1 rings (SSSR count). The van der Waals surface area contributed by atoms with Crippen molar-refractivity contribution in [2.75, 3.05) is 0 Å². The highest BCUT2D eigenvalue weighted by molar-refractivity contribution is 5.87. The average molecular weight is 223 g/mol. The lowest BCUT2D eigenvalue weighted by atomic mass is 9.90. The lowest BCUT2D eigenvalue weighted by Gasteiger charge is -2.23. The normalized spacial score (nSPS) is 11.4. The molecule has 0 fully saturated rings. The van der Waals surface area contributed by atoms with Crippen LogP contribution in [0.2, 0.25) is 0 Å². The van der Waals surface area contributed by atoms with Gasteiger partial charge in [-0.25, -0.2) is 4.79 Å². The molecule has 0 spiro atoms. The molecule has 0 aliphatic rings. The molecule has 0 bridgehead atoms. The molecule has 4 heteroatoms. The fraction of sp³-hybridized carbons (Fsp3) is 0.500. The second-order valence-electron chi connectivity index (χ2n) is 4.71. The SMILES string of the molecule is CCC(C)(C)Cn1cc(C(=O)O)ccc1=O. The van der Waals surface area contributed by atoms with Crippen molar-refractivity contribution in [1.82, 2.24) is 4.57 Å². The van der Waals surface area contributed by atoms with Crippen molar-refractivity contribution in [2.24, 2.45) is 5.41 Å². The van der Waals surface area contributed by atoms with Crippen molar-refractivity contribution in [2.45, 2.75) is 33.7 Å². The van der Waals surface area contributed by atoms with E-state index in [1.54, 1.807) is 0 Å². The number of carbonyl (C=O) groups is 1. The summed E-state index contributed by atoms with van der Waals surface area (Å²) in [5.74, 6) is -1.01. The van der Waals surface area contributed by atoms with Crippen LogP contribution in [0.25, 0.3) is 0 Å². The Bertz CT molecular complexity index is 446. The van der Waals surface area contributed by atoms with Gasteiger partial charge in [0, 0.05) is 18.8 Å². The maximum absolute atomic E-state index is 11.6. The zero-order chi connectivity index (χ0) is 12.3. The molecule has 0 saturated carbocycles. The van der Waals surface area contributed by atoms with E-state index in [4.69, 9.17) is 5.11 Å². The maximum Gasteiger partial charge on any atom is 0.337 e. The summed E-state index contributed by atoms with van der Waals surface area (Å²) in [7, 11) is 0. The summed E-state index contributed by atoms with van der Waals surface area (Å²) in [6.45, 7) is 6.68. The number of hydrogen-bond acceptors (Lipinski definition) is 2. The van der Waals surface area contributed by atoms with Crippen LogP contribution in [0.4, 0.5) is 0 Å². The van der Waals surface area contributed by atoms with Crippen LogP contribution in [-0.4, -0.2) is 15.6 Å². The molecule has 0 aliphatic heterocycles. The van der Waals surface area contributed by atoms with Gasteiger partial charge in [-0.3, -0.25) is 4.79 Å². The fourth-order valence-corrected chi connectivity index (χ4v) is 1.35. The molecular weight excluding hydrogens is 206 g/mol. The largest absolute Gasteiger partial charge is 0.478 e. The van der Waals surface area contributed by atoms with Gasteiger partial charge in [-0.15, -0.1) is 0 Å². The Balaban J connectivity index is 3.09. The molecule has 16 heavy (non-hydrogen) atoms. The van der Waals surface area contributed by atoms with Crippen molar-refractivity contribution in [3.05, 3.63) is 34.2 Å². The van der Waals surface area contributed by atoms with Gasteiger partial charge in [-0.05, 0) is 17.9 Å². The molecule has 1 aromatic heterocycles. The highest BCUT2D eigenvalue weighted by Crippen LogP contribution is 2.21. The van der Waals surface area contributed by atoms with Crippen molar-refractivity contribution in [3.63, 3.8) is 0 Å². The first-order valence-corrected chi connectivity index (χ1v) is 5.29. The molecule has 1 heterocycles.